The van der Waals surface area contributed by atoms with Crippen molar-refractivity contribution in [2.24, 2.45) is 0 Å². The van der Waals surface area contributed by atoms with E-state index in [1.54, 1.807) is 19.2 Å². The quantitative estimate of drug-likeness (QED) is 0.795. The van der Waals surface area contributed by atoms with Gasteiger partial charge >= 0.3 is 0 Å². The summed E-state index contributed by atoms with van der Waals surface area (Å²) in [6, 6.07) is 3.52. The number of benzene rings is 1. The molecule has 0 spiro atoms. The molecule has 0 aromatic heterocycles. The van der Waals surface area contributed by atoms with Crippen LogP contribution in [0.4, 0.5) is 0 Å². The first-order valence-electron chi connectivity index (χ1n) is 5.03. The molecule has 0 saturated heterocycles. The number of carbonyl (C=O) groups excluding carboxylic acids is 1. The second kappa shape index (κ2) is 3.77. The Kier molecular flexibility index (Phi) is 2.70. The second-order valence-corrected chi connectivity index (χ2v) is 5.30. The van der Waals surface area contributed by atoms with Gasteiger partial charge in [0.15, 0.2) is 5.78 Å². The summed E-state index contributed by atoms with van der Waals surface area (Å²) in [5.74, 6) is 1.36. The number of methoxy groups -OCH3 is 1. The van der Waals surface area contributed by atoms with Crippen molar-refractivity contribution in [3.8, 4) is 11.5 Å². The molecule has 0 bridgehead atoms. The fourth-order valence-corrected chi connectivity index (χ4v) is 2.31. The zero-order chi connectivity index (χ0) is 11.9. The molecule has 3 nitrogen and oxygen atoms in total. The lowest BCUT2D eigenvalue weighted by atomic mass is 9.93. The van der Waals surface area contributed by atoms with Gasteiger partial charge in [-0.3, -0.25) is 4.79 Å². The normalized spacial score (nSPS) is 17.6. The summed E-state index contributed by atoms with van der Waals surface area (Å²) in [6.07, 6.45) is 0.388. The molecule has 1 aromatic carbocycles. The lowest BCUT2D eigenvalue weighted by Gasteiger charge is -2.32. The molecule has 0 amide bonds. The monoisotopic (exact) mass is 284 g/mol. The van der Waals surface area contributed by atoms with E-state index in [4.69, 9.17) is 9.47 Å². The number of Topliss-reactive ketones (excluding diaryl/α,β-unsaturated/α-hetero) is 1. The minimum absolute atomic E-state index is 0.0888. The topological polar surface area (TPSA) is 35.5 Å². The molecule has 0 unspecified atom stereocenters. The van der Waals surface area contributed by atoms with E-state index in [9.17, 15) is 4.79 Å². The van der Waals surface area contributed by atoms with E-state index >= 15 is 0 Å². The van der Waals surface area contributed by atoms with Crippen LogP contribution in [0.15, 0.2) is 16.6 Å². The summed E-state index contributed by atoms with van der Waals surface area (Å²) < 4.78 is 11.7. The van der Waals surface area contributed by atoms with Crippen LogP contribution >= 0.6 is 15.9 Å². The van der Waals surface area contributed by atoms with Crippen molar-refractivity contribution in [3.63, 3.8) is 0 Å². The maximum absolute atomic E-state index is 12.0. The van der Waals surface area contributed by atoms with Crippen LogP contribution in [0.5, 0.6) is 11.5 Å². The second-order valence-electron chi connectivity index (χ2n) is 4.45. The number of fused-ring (bicyclic) bond motifs is 1. The number of ketones is 1. The number of rotatable bonds is 1. The highest BCUT2D eigenvalue weighted by atomic mass is 79.9. The van der Waals surface area contributed by atoms with E-state index in [1.807, 2.05) is 13.8 Å². The van der Waals surface area contributed by atoms with Crippen LogP contribution in [-0.4, -0.2) is 18.5 Å². The summed E-state index contributed by atoms with van der Waals surface area (Å²) in [5, 5.41) is 0. The van der Waals surface area contributed by atoms with E-state index in [2.05, 4.69) is 15.9 Å². The van der Waals surface area contributed by atoms with Gasteiger partial charge in [-0.15, -0.1) is 0 Å². The number of halogens is 1. The maximum atomic E-state index is 12.0. The van der Waals surface area contributed by atoms with E-state index in [1.165, 1.54) is 0 Å². The molecule has 0 aliphatic carbocycles. The standard InChI is InChI=1S/C12H13BrO3/c1-12(2)6-10(14)8-4-7(15-3)5-9(13)11(8)16-12/h4-5H,6H2,1-3H3. The fraction of sp³-hybridized carbons (Fsp3) is 0.417. The third kappa shape index (κ3) is 1.94. The SMILES string of the molecule is COc1cc(Br)c2c(c1)C(=O)CC(C)(C)O2. The van der Waals surface area contributed by atoms with Gasteiger partial charge in [0.25, 0.3) is 0 Å². The van der Waals surface area contributed by atoms with Gasteiger partial charge in [0.05, 0.1) is 23.6 Å². The summed E-state index contributed by atoms with van der Waals surface area (Å²) in [4.78, 5) is 12.0. The average molecular weight is 285 g/mol. The Morgan fingerprint density at radius 3 is 2.75 bits per heavy atom. The van der Waals surface area contributed by atoms with Crippen molar-refractivity contribution < 1.29 is 14.3 Å². The molecule has 16 heavy (non-hydrogen) atoms. The molecular formula is C12H13BrO3. The minimum Gasteiger partial charge on any atom is -0.497 e. The first-order valence-corrected chi connectivity index (χ1v) is 5.82. The lowest BCUT2D eigenvalue weighted by molar-refractivity contribution is 0.0614. The highest BCUT2D eigenvalue weighted by Crippen LogP contribution is 2.40. The van der Waals surface area contributed by atoms with Gasteiger partial charge in [0, 0.05) is 0 Å². The molecule has 0 atom stereocenters. The Morgan fingerprint density at radius 1 is 1.44 bits per heavy atom. The van der Waals surface area contributed by atoms with Gasteiger partial charge in [-0.05, 0) is 41.9 Å². The van der Waals surface area contributed by atoms with Crippen molar-refractivity contribution in [2.45, 2.75) is 25.9 Å². The van der Waals surface area contributed by atoms with Crippen molar-refractivity contribution in [1.29, 1.82) is 0 Å². The Balaban J connectivity index is 2.56. The minimum atomic E-state index is -0.443. The molecule has 0 radical (unpaired) electrons. The molecule has 1 heterocycles. The van der Waals surface area contributed by atoms with Crippen LogP contribution in [0.2, 0.25) is 0 Å². The number of ether oxygens (including phenoxy) is 2. The van der Waals surface area contributed by atoms with Crippen LogP contribution in [0.25, 0.3) is 0 Å². The summed E-state index contributed by atoms with van der Waals surface area (Å²) in [7, 11) is 1.58. The molecular weight excluding hydrogens is 272 g/mol. The van der Waals surface area contributed by atoms with Crippen molar-refractivity contribution >= 4 is 21.7 Å². The van der Waals surface area contributed by atoms with Crippen LogP contribution in [0.1, 0.15) is 30.6 Å². The van der Waals surface area contributed by atoms with E-state index in [-0.39, 0.29) is 5.78 Å². The van der Waals surface area contributed by atoms with Crippen molar-refractivity contribution in [3.05, 3.63) is 22.2 Å². The predicted molar refractivity (Wildman–Crippen MR) is 64.3 cm³/mol. The molecule has 0 fully saturated rings. The number of carbonyl (C=O) groups is 1. The molecule has 1 aromatic rings. The highest BCUT2D eigenvalue weighted by molar-refractivity contribution is 9.10. The zero-order valence-corrected chi connectivity index (χ0v) is 11.1. The van der Waals surface area contributed by atoms with E-state index < -0.39 is 5.60 Å². The molecule has 2 rings (SSSR count). The van der Waals surface area contributed by atoms with E-state index in [0.29, 0.717) is 23.5 Å². The van der Waals surface area contributed by atoms with E-state index in [0.717, 1.165) is 4.47 Å². The Bertz CT molecular complexity index is 452. The summed E-state index contributed by atoms with van der Waals surface area (Å²) >= 11 is 3.40. The zero-order valence-electron chi connectivity index (χ0n) is 9.46. The third-order valence-corrected chi connectivity index (χ3v) is 3.11. The fourth-order valence-electron chi connectivity index (χ4n) is 1.79. The Labute approximate surface area is 103 Å². The molecule has 86 valence electrons. The van der Waals surface area contributed by atoms with Crippen molar-refractivity contribution in [1.82, 2.24) is 0 Å². The highest BCUT2D eigenvalue weighted by Gasteiger charge is 2.34. The van der Waals surface area contributed by atoms with Gasteiger partial charge in [-0.1, -0.05) is 0 Å². The largest absolute Gasteiger partial charge is 0.497 e. The van der Waals surface area contributed by atoms with Gasteiger partial charge in [-0.2, -0.15) is 0 Å². The smallest absolute Gasteiger partial charge is 0.170 e. The van der Waals surface area contributed by atoms with Crippen LogP contribution < -0.4 is 9.47 Å². The third-order valence-electron chi connectivity index (χ3n) is 2.52. The predicted octanol–water partition coefficient (Wildman–Crippen LogP) is 3.20. The first-order chi connectivity index (χ1) is 7.43. The Morgan fingerprint density at radius 2 is 2.12 bits per heavy atom. The van der Waals surface area contributed by atoms with Gasteiger partial charge in [0.2, 0.25) is 0 Å². The molecule has 1 aliphatic rings. The summed E-state index contributed by atoms with van der Waals surface area (Å²) in [6.45, 7) is 3.81. The van der Waals surface area contributed by atoms with Gasteiger partial charge in [-0.25, -0.2) is 0 Å². The summed E-state index contributed by atoms with van der Waals surface area (Å²) in [5.41, 5.74) is 0.145. The van der Waals surface area contributed by atoms with Crippen LogP contribution in [0.3, 0.4) is 0 Å². The molecule has 0 saturated carbocycles. The van der Waals surface area contributed by atoms with Gasteiger partial charge in [0.1, 0.15) is 17.1 Å². The number of hydrogen-bond donors (Lipinski definition) is 0. The van der Waals surface area contributed by atoms with Crippen LogP contribution in [0, 0.1) is 0 Å². The molecule has 0 N–H and O–H groups in total. The first kappa shape index (κ1) is 11.5. The average Bonchev–Trinajstić information content (AvgIpc) is 2.18. The maximum Gasteiger partial charge on any atom is 0.170 e. The lowest BCUT2D eigenvalue weighted by Crippen LogP contribution is -2.36. The molecule has 4 heteroatoms. The molecule has 1 aliphatic heterocycles. The van der Waals surface area contributed by atoms with Crippen LogP contribution in [-0.2, 0) is 0 Å². The van der Waals surface area contributed by atoms with Gasteiger partial charge < -0.3 is 9.47 Å². The number of hydrogen-bond acceptors (Lipinski definition) is 3. The van der Waals surface area contributed by atoms with Crippen molar-refractivity contribution in [2.75, 3.05) is 7.11 Å². The Hall–Kier alpha value is -1.03.